The molecule has 1 aliphatic heterocycles. The lowest BCUT2D eigenvalue weighted by molar-refractivity contribution is -0.0505. The van der Waals surface area contributed by atoms with E-state index in [-0.39, 0.29) is 13.0 Å². The number of ether oxygens (including phenoxy) is 1. The second-order valence-corrected chi connectivity index (χ2v) is 5.20. The smallest absolute Gasteiger partial charge is 0.388 e. The number of aliphatic hydroxyl groups is 1. The van der Waals surface area contributed by atoms with E-state index in [0.29, 0.717) is 5.56 Å². The molecule has 1 saturated heterocycles. The average molecular weight is 305 g/mol. The molecule has 0 amide bonds. The molecule has 1 fully saturated rings. The quantitative estimate of drug-likeness (QED) is 0.618. The fraction of sp³-hybridized carbons (Fsp3) is 0.600. The average Bonchev–Trinajstić information content (AvgIpc) is 2.72. The molecule has 0 bridgehead atoms. The Bertz CT molecular complexity index is 625. The van der Waals surface area contributed by atoms with Crippen molar-refractivity contribution in [1.29, 1.82) is 0 Å². The monoisotopic (exact) mass is 305 g/mol. The zero-order chi connectivity index (χ0) is 14.9. The van der Waals surface area contributed by atoms with Gasteiger partial charge in [0.25, 0.3) is 5.56 Å². The first-order valence-corrected chi connectivity index (χ1v) is 6.96. The van der Waals surface area contributed by atoms with Gasteiger partial charge in [-0.1, -0.05) is 0 Å². The van der Waals surface area contributed by atoms with Gasteiger partial charge in [0, 0.05) is 22.7 Å². The van der Waals surface area contributed by atoms with E-state index in [1.807, 2.05) is 0 Å². The summed E-state index contributed by atoms with van der Waals surface area (Å²) in [7, 11) is -2.74. The molecule has 10 heteroatoms. The number of aryl methyl sites for hydroxylation is 1. The van der Waals surface area contributed by atoms with Gasteiger partial charge in [0.1, 0.15) is 12.7 Å². The summed E-state index contributed by atoms with van der Waals surface area (Å²) >= 11 is 0. The normalized spacial score (nSPS) is 26.8. The van der Waals surface area contributed by atoms with Crippen molar-refractivity contribution in [2.75, 3.05) is 6.61 Å². The van der Waals surface area contributed by atoms with Gasteiger partial charge in [0.05, 0.1) is 6.10 Å². The SMILES string of the molecule is Cc1cn([C@@H]2O[C@H](CO[P+](=O)O)C[C@H]2O)c(=O)[nH]c1=O. The van der Waals surface area contributed by atoms with Gasteiger partial charge in [0.2, 0.25) is 0 Å². The number of aromatic amines is 1. The Morgan fingerprint density at radius 2 is 2.30 bits per heavy atom. The van der Waals surface area contributed by atoms with Crippen LogP contribution in [-0.4, -0.2) is 38.4 Å². The fourth-order valence-corrected chi connectivity index (χ4v) is 2.30. The number of aromatic nitrogens is 2. The molecule has 0 radical (unpaired) electrons. The Balaban J connectivity index is 2.18. The highest BCUT2D eigenvalue weighted by Gasteiger charge is 2.37. The summed E-state index contributed by atoms with van der Waals surface area (Å²) in [6.07, 6.45) is -1.12. The van der Waals surface area contributed by atoms with E-state index in [0.717, 1.165) is 4.57 Å². The van der Waals surface area contributed by atoms with Gasteiger partial charge in [-0.25, -0.2) is 4.79 Å². The van der Waals surface area contributed by atoms with E-state index < -0.39 is 37.9 Å². The number of hydrogen-bond donors (Lipinski definition) is 3. The molecule has 20 heavy (non-hydrogen) atoms. The third-order valence-electron chi connectivity index (χ3n) is 2.96. The summed E-state index contributed by atoms with van der Waals surface area (Å²) in [6, 6.07) is 0. The van der Waals surface area contributed by atoms with Gasteiger partial charge in [-0.2, -0.15) is 0 Å². The molecule has 1 aromatic rings. The predicted molar refractivity (Wildman–Crippen MR) is 66.4 cm³/mol. The van der Waals surface area contributed by atoms with Crippen molar-refractivity contribution >= 4 is 8.25 Å². The van der Waals surface area contributed by atoms with Crippen molar-refractivity contribution in [2.24, 2.45) is 0 Å². The van der Waals surface area contributed by atoms with Crippen molar-refractivity contribution in [3.63, 3.8) is 0 Å². The molecular weight excluding hydrogens is 291 g/mol. The predicted octanol–water partition coefficient (Wildman–Crippen LogP) is -0.840. The summed E-state index contributed by atoms with van der Waals surface area (Å²) in [5, 5.41) is 9.90. The van der Waals surface area contributed by atoms with Crippen LogP contribution in [0.2, 0.25) is 0 Å². The van der Waals surface area contributed by atoms with Crippen LogP contribution >= 0.6 is 8.25 Å². The van der Waals surface area contributed by atoms with Crippen LogP contribution in [0.15, 0.2) is 15.8 Å². The highest BCUT2D eigenvalue weighted by atomic mass is 31.1. The molecule has 1 aromatic heterocycles. The largest absolute Gasteiger partial charge is 0.694 e. The second kappa shape index (κ2) is 5.94. The fourth-order valence-electron chi connectivity index (χ4n) is 2.01. The zero-order valence-corrected chi connectivity index (χ0v) is 11.4. The Kier molecular flexibility index (Phi) is 4.46. The molecule has 1 unspecified atom stereocenters. The van der Waals surface area contributed by atoms with Crippen LogP contribution in [0.25, 0.3) is 0 Å². The first kappa shape index (κ1) is 15.0. The van der Waals surface area contributed by atoms with Crippen LogP contribution in [-0.2, 0) is 13.8 Å². The maximum Gasteiger partial charge on any atom is 0.694 e. The molecule has 110 valence electrons. The minimum absolute atomic E-state index is 0.151. The first-order valence-electron chi connectivity index (χ1n) is 5.83. The van der Waals surface area contributed by atoms with Gasteiger partial charge >= 0.3 is 13.9 Å². The van der Waals surface area contributed by atoms with Crippen molar-refractivity contribution in [1.82, 2.24) is 9.55 Å². The van der Waals surface area contributed by atoms with Gasteiger partial charge in [-0.15, -0.1) is 9.42 Å². The van der Waals surface area contributed by atoms with Crippen LogP contribution in [0.3, 0.4) is 0 Å². The molecule has 3 N–H and O–H groups in total. The summed E-state index contributed by atoms with van der Waals surface area (Å²) in [6.45, 7) is 1.35. The molecule has 2 rings (SSSR count). The van der Waals surface area contributed by atoms with Crippen LogP contribution < -0.4 is 11.2 Å². The Labute approximate surface area is 113 Å². The molecule has 1 aliphatic rings. The third-order valence-corrected chi connectivity index (χ3v) is 3.33. The summed E-state index contributed by atoms with van der Waals surface area (Å²) in [4.78, 5) is 33.6. The molecule has 0 aromatic carbocycles. The van der Waals surface area contributed by atoms with Crippen molar-refractivity contribution in [2.45, 2.75) is 31.8 Å². The molecule has 9 nitrogen and oxygen atoms in total. The number of nitrogens with one attached hydrogen (secondary N) is 1. The highest BCUT2D eigenvalue weighted by Crippen LogP contribution is 2.29. The lowest BCUT2D eigenvalue weighted by Crippen LogP contribution is -2.36. The van der Waals surface area contributed by atoms with E-state index in [1.165, 1.54) is 13.1 Å². The van der Waals surface area contributed by atoms with Crippen molar-refractivity contribution < 1.29 is 23.8 Å². The summed E-state index contributed by atoms with van der Waals surface area (Å²) < 4.78 is 21.4. The molecule has 0 aliphatic carbocycles. The number of H-pyrrole nitrogens is 1. The van der Waals surface area contributed by atoms with Gasteiger partial charge in [-0.3, -0.25) is 14.3 Å². The standard InChI is InChI=1S/C10H13N2O7P/c1-5-3-12(10(15)11-8(5)14)9-7(13)2-6(19-9)4-18-20(16)17/h3,6-7,9,13H,2,4H2,1H3,(H-,11,14,15,16,17)/p+1/t6-,7+,9+/m0/s1. The van der Waals surface area contributed by atoms with Crippen LogP contribution in [0.4, 0.5) is 0 Å². The van der Waals surface area contributed by atoms with E-state index in [4.69, 9.17) is 9.63 Å². The Morgan fingerprint density at radius 3 is 2.95 bits per heavy atom. The Morgan fingerprint density at radius 1 is 1.60 bits per heavy atom. The zero-order valence-electron chi connectivity index (χ0n) is 10.6. The van der Waals surface area contributed by atoms with E-state index in [9.17, 15) is 19.3 Å². The number of aliphatic hydroxyl groups excluding tert-OH is 1. The minimum Gasteiger partial charge on any atom is -0.388 e. The minimum atomic E-state index is -2.74. The number of nitrogens with zero attached hydrogens (tertiary/aromatic N) is 1. The van der Waals surface area contributed by atoms with Crippen molar-refractivity contribution in [3.8, 4) is 0 Å². The molecule has 0 saturated carbocycles. The number of hydrogen-bond acceptors (Lipinski definition) is 6. The van der Waals surface area contributed by atoms with Gasteiger partial charge in [0.15, 0.2) is 6.23 Å². The summed E-state index contributed by atoms with van der Waals surface area (Å²) in [5.41, 5.74) is -0.895. The second-order valence-electron chi connectivity index (χ2n) is 4.46. The lowest BCUT2D eigenvalue weighted by Gasteiger charge is -2.17. The van der Waals surface area contributed by atoms with Gasteiger partial charge < -0.3 is 9.84 Å². The summed E-state index contributed by atoms with van der Waals surface area (Å²) in [5.74, 6) is 0. The topological polar surface area (TPSA) is 131 Å². The van der Waals surface area contributed by atoms with Crippen molar-refractivity contribution in [3.05, 3.63) is 32.6 Å². The van der Waals surface area contributed by atoms with Gasteiger partial charge in [-0.05, 0) is 6.92 Å². The van der Waals surface area contributed by atoms with Crippen LogP contribution in [0, 0.1) is 6.92 Å². The molecule has 0 spiro atoms. The number of rotatable bonds is 4. The first-order chi connectivity index (χ1) is 9.38. The lowest BCUT2D eigenvalue weighted by atomic mass is 10.2. The third kappa shape index (κ3) is 3.20. The molecule has 4 atom stereocenters. The van der Waals surface area contributed by atoms with E-state index >= 15 is 0 Å². The van der Waals surface area contributed by atoms with E-state index in [2.05, 4.69) is 9.51 Å². The molecule has 2 heterocycles. The molecular formula is C10H14N2O7P+. The van der Waals surface area contributed by atoms with E-state index in [1.54, 1.807) is 0 Å². The maximum absolute atomic E-state index is 11.7. The Hall–Kier alpha value is -1.38. The maximum atomic E-state index is 11.7. The van der Waals surface area contributed by atoms with Crippen LogP contribution in [0.1, 0.15) is 18.2 Å². The van der Waals surface area contributed by atoms with Crippen LogP contribution in [0.5, 0.6) is 0 Å². The highest BCUT2D eigenvalue weighted by molar-refractivity contribution is 7.32.